The average Bonchev–Trinajstić information content (AvgIpc) is 2.49. The Morgan fingerprint density at radius 2 is 1.86 bits per heavy atom. The number of rotatable bonds is 5. The zero-order chi connectivity index (χ0) is 16.1. The van der Waals surface area contributed by atoms with Crippen molar-refractivity contribution in [2.75, 3.05) is 7.11 Å². The number of carbonyl (C=O) groups is 2. The minimum Gasteiger partial charge on any atom is -0.481 e. The van der Waals surface area contributed by atoms with Crippen LogP contribution in [0.3, 0.4) is 0 Å². The van der Waals surface area contributed by atoms with E-state index in [4.69, 9.17) is 5.11 Å². The number of carbonyl (C=O) groups excluding carboxylic acids is 1. The maximum Gasteiger partial charge on any atom is 0.337 e. The first kappa shape index (κ1) is 16.8. The van der Waals surface area contributed by atoms with Crippen LogP contribution in [0.25, 0.3) is 0 Å². The van der Waals surface area contributed by atoms with Crippen LogP contribution in [0.5, 0.6) is 0 Å². The van der Waals surface area contributed by atoms with E-state index in [1.165, 1.54) is 18.9 Å². The molecule has 4 nitrogen and oxygen atoms in total. The van der Waals surface area contributed by atoms with E-state index >= 15 is 0 Å². The van der Waals surface area contributed by atoms with Gasteiger partial charge in [-0.15, -0.1) is 0 Å². The average molecular weight is 428 g/mol. The Bertz CT molecular complexity index is 698. The van der Waals surface area contributed by atoms with Crippen LogP contribution < -0.4 is 0 Å². The van der Waals surface area contributed by atoms with Gasteiger partial charge in [0.2, 0.25) is 0 Å². The third kappa shape index (κ3) is 4.48. The van der Waals surface area contributed by atoms with Gasteiger partial charge in [0.15, 0.2) is 0 Å². The van der Waals surface area contributed by atoms with Crippen LogP contribution in [-0.2, 0) is 16.0 Å². The molecule has 0 aromatic heterocycles. The second kappa shape index (κ2) is 7.64. The highest BCUT2D eigenvalue weighted by atomic mass is 127. The van der Waals surface area contributed by atoms with Crippen molar-refractivity contribution in [2.24, 2.45) is 0 Å². The Balaban J connectivity index is 2.23. The molecule has 0 saturated heterocycles. The summed E-state index contributed by atoms with van der Waals surface area (Å²) in [5, 5.41) is 9.01. The summed E-state index contributed by atoms with van der Waals surface area (Å²) in [5.74, 6) is -1.23. The third-order valence-corrected chi connectivity index (χ3v) is 4.66. The van der Waals surface area contributed by atoms with Crippen molar-refractivity contribution in [3.63, 3.8) is 0 Å². The van der Waals surface area contributed by atoms with Crippen LogP contribution in [0, 0.1) is 3.57 Å². The number of carboxylic acid groups (broad SMARTS) is 1. The van der Waals surface area contributed by atoms with Gasteiger partial charge >= 0.3 is 11.9 Å². The van der Waals surface area contributed by atoms with E-state index in [0.717, 1.165) is 18.9 Å². The van der Waals surface area contributed by atoms with E-state index in [-0.39, 0.29) is 12.4 Å². The minimum absolute atomic E-state index is 0.0145. The van der Waals surface area contributed by atoms with Gasteiger partial charge in [0.1, 0.15) is 0 Å². The Morgan fingerprint density at radius 3 is 2.45 bits per heavy atom. The molecule has 0 aliphatic carbocycles. The monoisotopic (exact) mass is 428 g/mol. The lowest BCUT2D eigenvalue weighted by Gasteiger charge is -2.09. The molecule has 0 aliphatic rings. The number of esters is 1. The van der Waals surface area contributed by atoms with Gasteiger partial charge in [0, 0.05) is 13.4 Å². The van der Waals surface area contributed by atoms with Gasteiger partial charge in [-0.05, 0) is 70.6 Å². The van der Waals surface area contributed by atoms with Crippen molar-refractivity contribution >= 4 is 46.3 Å². The van der Waals surface area contributed by atoms with Crippen LogP contribution in [0.2, 0.25) is 0 Å². The van der Waals surface area contributed by atoms with E-state index < -0.39 is 5.97 Å². The first-order valence-corrected chi connectivity index (χ1v) is 8.25. The lowest BCUT2D eigenvalue weighted by Crippen LogP contribution is -2.02. The molecule has 114 valence electrons. The maximum absolute atomic E-state index is 11.4. The number of benzene rings is 2. The topological polar surface area (TPSA) is 63.6 Å². The molecule has 0 atom stereocenters. The van der Waals surface area contributed by atoms with Crippen molar-refractivity contribution in [3.8, 4) is 0 Å². The Labute approximate surface area is 146 Å². The molecular weight excluding hydrogens is 415 g/mol. The molecule has 0 heterocycles. The maximum atomic E-state index is 11.4. The van der Waals surface area contributed by atoms with E-state index in [9.17, 15) is 9.59 Å². The van der Waals surface area contributed by atoms with Crippen molar-refractivity contribution in [3.05, 3.63) is 57.2 Å². The van der Waals surface area contributed by atoms with Crippen LogP contribution >= 0.6 is 34.4 Å². The van der Waals surface area contributed by atoms with Crippen LogP contribution in [0.15, 0.2) is 52.3 Å². The quantitative estimate of drug-likeness (QED) is 0.579. The molecule has 0 amide bonds. The highest BCUT2D eigenvalue weighted by Crippen LogP contribution is 2.32. The normalized spacial score (nSPS) is 10.3. The molecule has 22 heavy (non-hydrogen) atoms. The summed E-state index contributed by atoms with van der Waals surface area (Å²) in [6.45, 7) is 0. The van der Waals surface area contributed by atoms with Gasteiger partial charge in [-0.25, -0.2) is 4.79 Å². The van der Waals surface area contributed by atoms with Crippen molar-refractivity contribution in [2.45, 2.75) is 16.2 Å². The number of methoxy groups -OCH3 is 1. The zero-order valence-corrected chi connectivity index (χ0v) is 14.7. The van der Waals surface area contributed by atoms with Crippen molar-refractivity contribution in [1.29, 1.82) is 0 Å². The van der Waals surface area contributed by atoms with Crippen LogP contribution in [0.4, 0.5) is 0 Å². The van der Waals surface area contributed by atoms with Gasteiger partial charge in [-0.1, -0.05) is 11.8 Å². The summed E-state index contributed by atoms with van der Waals surface area (Å²) >= 11 is 3.64. The van der Waals surface area contributed by atoms with E-state index in [0.29, 0.717) is 5.56 Å². The fourth-order valence-corrected chi connectivity index (χ4v) is 3.33. The fraction of sp³-hybridized carbons (Fsp3) is 0.125. The first-order chi connectivity index (χ1) is 10.5. The predicted octanol–water partition coefficient (Wildman–Crippen LogP) is 3.86. The SMILES string of the molecule is COC(=O)c1ccc(Sc2ccc(I)cc2CC(=O)O)cc1. The van der Waals surface area contributed by atoms with E-state index in [2.05, 4.69) is 27.3 Å². The largest absolute Gasteiger partial charge is 0.481 e. The Morgan fingerprint density at radius 1 is 1.18 bits per heavy atom. The molecule has 2 aromatic rings. The summed E-state index contributed by atoms with van der Waals surface area (Å²) in [6.07, 6.45) is -0.0145. The lowest BCUT2D eigenvalue weighted by atomic mass is 10.1. The van der Waals surface area contributed by atoms with Crippen molar-refractivity contribution in [1.82, 2.24) is 0 Å². The first-order valence-electron chi connectivity index (χ1n) is 6.36. The molecule has 0 radical (unpaired) electrons. The molecule has 0 unspecified atom stereocenters. The molecule has 0 aliphatic heterocycles. The van der Waals surface area contributed by atoms with Crippen LogP contribution in [-0.4, -0.2) is 24.2 Å². The standard InChI is InChI=1S/C16H13IO4S/c1-21-16(20)10-2-5-13(6-3-10)22-14-7-4-12(17)8-11(14)9-15(18)19/h2-8H,9H2,1H3,(H,18,19). The summed E-state index contributed by atoms with van der Waals surface area (Å²) < 4.78 is 5.66. The van der Waals surface area contributed by atoms with E-state index in [1.807, 2.05) is 30.3 Å². The number of hydrogen-bond donors (Lipinski definition) is 1. The summed E-state index contributed by atoms with van der Waals surface area (Å²) in [5.41, 5.74) is 1.27. The third-order valence-electron chi connectivity index (χ3n) is 2.87. The number of hydrogen-bond acceptors (Lipinski definition) is 4. The zero-order valence-electron chi connectivity index (χ0n) is 11.7. The molecule has 0 spiro atoms. The fourth-order valence-electron chi connectivity index (χ4n) is 1.85. The molecule has 0 fully saturated rings. The predicted molar refractivity (Wildman–Crippen MR) is 92.4 cm³/mol. The molecule has 0 saturated carbocycles. The van der Waals surface area contributed by atoms with Gasteiger partial charge in [0.25, 0.3) is 0 Å². The number of ether oxygens (including phenoxy) is 1. The summed E-state index contributed by atoms with van der Waals surface area (Å²) in [4.78, 5) is 24.2. The second-order valence-corrected chi connectivity index (χ2v) is 6.80. The van der Waals surface area contributed by atoms with Gasteiger partial charge in [0.05, 0.1) is 19.1 Å². The molecule has 2 aromatic carbocycles. The number of halogens is 1. The summed E-state index contributed by atoms with van der Waals surface area (Å²) in [7, 11) is 1.34. The van der Waals surface area contributed by atoms with Gasteiger partial charge < -0.3 is 9.84 Å². The highest BCUT2D eigenvalue weighted by Gasteiger charge is 2.10. The van der Waals surface area contributed by atoms with E-state index in [1.54, 1.807) is 12.1 Å². The molecule has 2 rings (SSSR count). The minimum atomic E-state index is -0.857. The number of aliphatic carboxylic acids is 1. The smallest absolute Gasteiger partial charge is 0.337 e. The lowest BCUT2D eigenvalue weighted by molar-refractivity contribution is -0.136. The Kier molecular flexibility index (Phi) is 5.84. The molecule has 0 bridgehead atoms. The van der Waals surface area contributed by atoms with Gasteiger partial charge in [-0.2, -0.15) is 0 Å². The number of carboxylic acids is 1. The second-order valence-electron chi connectivity index (χ2n) is 4.44. The molecule has 6 heteroatoms. The molecule has 1 N–H and O–H groups in total. The highest BCUT2D eigenvalue weighted by molar-refractivity contribution is 14.1. The van der Waals surface area contributed by atoms with Gasteiger partial charge in [-0.3, -0.25) is 4.79 Å². The van der Waals surface area contributed by atoms with Crippen molar-refractivity contribution < 1.29 is 19.4 Å². The van der Waals surface area contributed by atoms with Crippen LogP contribution in [0.1, 0.15) is 15.9 Å². The summed E-state index contributed by atoms with van der Waals surface area (Å²) in [6, 6.07) is 12.8. The Hall–Kier alpha value is -1.54. The molecular formula is C16H13IO4S.